The molecule has 2 fully saturated rings. The first-order valence-electron chi connectivity index (χ1n) is 7.74. The second-order valence-electron chi connectivity index (χ2n) is 5.97. The van der Waals surface area contributed by atoms with Crippen LogP contribution in [0.1, 0.15) is 57.1 Å². The smallest absolute Gasteiger partial charge is 0.219 e. The highest BCUT2D eigenvalue weighted by atomic mass is 16.2. The van der Waals surface area contributed by atoms with Gasteiger partial charge in [-0.3, -0.25) is 4.79 Å². The van der Waals surface area contributed by atoms with Crippen molar-refractivity contribution < 1.29 is 4.79 Å². The molecule has 1 saturated carbocycles. The average Bonchev–Trinajstić information content (AvgIpc) is 3.10. The van der Waals surface area contributed by atoms with E-state index in [1.54, 1.807) is 6.92 Å². The fourth-order valence-corrected chi connectivity index (χ4v) is 3.46. The lowest BCUT2D eigenvalue weighted by atomic mass is 10.1. The van der Waals surface area contributed by atoms with Gasteiger partial charge in [0.25, 0.3) is 0 Å². The number of rotatable bonds is 3. The second-order valence-corrected chi connectivity index (χ2v) is 5.97. The van der Waals surface area contributed by atoms with Crippen LogP contribution in [-0.2, 0) is 4.79 Å². The van der Waals surface area contributed by atoms with Gasteiger partial charge in [-0.1, -0.05) is 18.9 Å². The highest BCUT2D eigenvalue weighted by molar-refractivity contribution is 5.74. The quantitative estimate of drug-likeness (QED) is 0.920. The Balaban J connectivity index is 1.67. The van der Waals surface area contributed by atoms with Crippen molar-refractivity contribution in [2.75, 3.05) is 11.9 Å². The maximum absolute atomic E-state index is 11.6. The SMILES string of the molecule is CC(=O)N1CCC[C@@H]1c1ccc(NC2CCCC2)nc1. The molecule has 1 aromatic rings. The first-order valence-corrected chi connectivity index (χ1v) is 7.74. The van der Waals surface area contributed by atoms with E-state index in [-0.39, 0.29) is 11.9 Å². The maximum Gasteiger partial charge on any atom is 0.219 e. The fraction of sp³-hybridized carbons (Fsp3) is 0.625. The zero-order chi connectivity index (χ0) is 13.9. The minimum atomic E-state index is 0.167. The fourth-order valence-electron chi connectivity index (χ4n) is 3.46. The van der Waals surface area contributed by atoms with Gasteiger partial charge in [0, 0.05) is 25.7 Å². The Hall–Kier alpha value is -1.58. The molecule has 0 unspecified atom stereocenters. The van der Waals surface area contributed by atoms with Gasteiger partial charge in [0.2, 0.25) is 5.91 Å². The number of carbonyl (C=O) groups is 1. The Bertz CT molecular complexity index is 465. The zero-order valence-corrected chi connectivity index (χ0v) is 12.1. The van der Waals surface area contributed by atoms with E-state index >= 15 is 0 Å². The molecule has 2 aliphatic rings. The summed E-state index contributed by atoms with van der Waals surface area (Å²) in [7, 11) is 0. The standard InChI is InChI=1S/C16H23N3O/c1-12(20)19-10-4-7-15(19)13-8-9-16(17-11-13)18-14-5-2-3-6-14/h8-9,11,14-15H,2-7,10H2,1H3,(H,17,18)/t15-/m1/s1. The number of pyridine rings is 1. The number of hydrogen-bond donors (Lipinski definition) is 1. The van der Waals surface area contributed by atoms with Crippen LogP contribution >= 0.6 is 0 Å². The largest absolute Gasteiger partial charge is 0.367 e. The molecule has 0 spiro atoms. The Kier molecular flexibility index (Phi) is 3.90. The van der Waals surface area contributed by atoms with Gasteiger partial charge in [-0.15, -0.1) is 0 Å². The Morgan fingerprint density at radius 3 is 2.70 bits per heavy atom. The van der Waals surface area contributed by atoms with E-state index in [0.29, 0.717) is 6.04 Å². The van der Waals surface area contributed by atoms with Gasteiger partial charge in [-0.05, 0) is 37.3 Å². The van der Waals surface area contributed by atoms with Crippen molar-refractivity contribution in [2.45, 2.75) is 57.5 Å². The number of anilines is 1. The highest BCUT2D eigenvalue weighted by Gasteiger charge is 2.28. The molecule has 1 aromatic heterocycles. The average molecular weight is 273 g/mol. The van der Waals surface area contributed by atoms with Crippen LogP contribution in [0.25, 0.3) is 0 Å². The van der Waals surface area contributed by atoms with Crippen LogP contribution in [0.2, 0.25) is 0 Å². The molecule has 1 atom stereocenters. The van der Waals surface area contributed by atoms with Crippen LogP contribution in [0.3, 0.4) is 0 Å². The Morgan fingerprint density at radius 1 is 1.25 bits per heavy atom. The molecule has 1 saturated heterocycles. The van der Waals surface area contributed by atoms with E-state index in [1.807, 2.05) is 11.1 Å². The second kappa shape index (κ2) is 5.81. The molecule has 1 aliphatic heterocycles. The lowest BCUT2D eigenvalue weighted by Gasteiger charge is -2.23. The van der Waals surface area contributed by atoms with Gasteiger partial charge in [-0.2, -0.15) is 0 Å². The third-order valence-electron chi connectivity index (χ3n) is 4.54. The van der Waals surface area contributed by atoms with E-state index < -0.39 is 0 Å². The number of likely N-dealkylation sites (tertiary alicyclic amines) is 1. The first kappa shape index (κ1) is 13.4. The van der Waals surface area contributed by atoms with Gasteiger partial charge < -0.3 is 10.2 Å². The summed E-state index contributed by atoms with van der Waals surface area (Å²) < 4.78 is 0. The lowest BCUT2D eigenvalue weighted by molar-refractivity contribution is -0.129. The monoisotopic (exact) mass is 273 g/mol. The van der Waals surface area contributed by atoms with Crippen LogP contribution in [0.4, 0.5) is 5.82 Å². The van der Waals surface area contributed by atoms with Crippen LogP contribution < -0.4 is 5.32 Å². The molecule has 0 radical (unpaired) electrons. The summed E-state index contributed by atoms with van der Waals surface area (Å²) in [4.78, 5) is 18.1. The zero-order valence-electron chi connectivity index (χ0n) is 12.1. The molecule has 4 heteroatoms. The molecule has 1 amide bonds. The van der Waals surface area contributed by atoms with Crippen molar-refractivity contribution in [3.63, 3.8) is 0 Å². The summed E-state index contributed by atoms with van der Waals surface area (Å²) in [5.41, 5.74) is 1.16. The van der Waals surface area contributed by atoms with E-state index in [1.165, 1.54) is 25.7 Å². The summed E-state index contributed by atoms with van der Waals surface area (Å²) in [6.45, 7) is 2.53. The predicted octanol–water partition coefficient (Wildman–Crippen LogP) is 3.12. The summed E-state index contributed by atoms with van der Waals surface area (Å²) >= 11 is 0. The van der Waals surface area contributed by atoms with E-state index in [0.717, 1.165) is 30.8 Å². The van der Waals surface area contributed by atoms with Crippen LogP contribution in [0.5, 0.6) is 0 Å². The summed E-state index contributed by atoms with van der Waals surface area (Å²) in [6, 6.07) is 5.00. The number of nitrogens with zero attached hydrogens (tertiary/aromatic N) is 2. The van der Waals surface area contributed by atoms with Gasteiger partial charge in [0.15, 0.2) is 0 Å². The van der Waals surface area contributed by atoms with Crippen molar-refractivity contribution >= 4 is 11.7 Å². The Morgan fingerprint density at radius 2 is 2.05 bits per heavy atom. The summed E-state index contributed by atoms with van der Waals surface area (Å²) in [5, 5.41) is 3.50. The van der Waals surface area contributed by atoms with Crippen molar-refractivity contribution in [1.29, 1.82) is 0 Å². The van der Waals surface area contributed by atoms with E-state index in [4.69, 9.17) is 0 Å². The van der Waals surface area contributed by atoms with Crippen molar-refractivity contribution in [2.24, 2.45) is 0 Å². The van der Waals surface area contributed by atoms with Crippen LogP contribution in [-0.4, -0.2) is 28.4 Å². The Labute approximate surface area is 120 Å². The van der Waals surface area contributed by atoms with E-state index in [2.05, 4.69) is 22.4 Å². The molecular weight excluding hydrogens is 250 g/mol. The van der Waals surface area contributed by atoms with E-state index in [9.17, 15) is 4.79 Å². The van der Waals surface area contributed by atoms with Gasteiger partial charge in [-0.25, -0.2) is 4.98 Å². The number of aromatic nitrogens is 1. The number of hydrogen-bond acceptors (Lipinski definition) is 3. The lowest BCUT2D eigenvalue weighted by Crippen LogP contribution is -2.28. The minimum absolute atomic E-state index is 0.167. The number of amides is 1. The molecule has 1 aliphatic carbocycles. The van der Waals surface area contributed by atoms with Crippen molar-refractivity contribution in [3.8, 4) is 0 Å². The third-order valence-corrected chi connectivity index (χ3v) is 4.54. The molecule has 0 aromatic carbocycles. The molecular formula is C16H23N3O. The van der Waals surface area contributed by atoms with Crippen molar-refractivity contribution in [1.82, 2.24) is 9.88 Å². The normalized spacial score (nSPS) is 23.2. The highest BCUT2D eigenvalue weighted by Crippen LogP contribution is 2.32. The number of nitrogens with one attached hydrogen (secondary N) is 1. The molecule has 4 nitrogen and oxygen atoms in total. The molecule has 108 valence electrons. The van der Waals surface area contributed by atoms with Gasteiger partial charge in [0.05, 0.1) is 6.04 Å². The molecule has 0 bridgehead atoms. The third kappa shape index (κ3) is 2.79. The molecule has 1 N–H and O–H groups in total. The van der Waals surface area contributed by atoms with Crippen LogP contribution in [0.15, 0.2) is 18.3 Å². The van der Waals surface area contributed by atoms with Gasteiger partial charge in [0.1, 0.15) is 5.82 Å². The number of carbonyl (C=O) groups excluding carboxylic acids is 1. The minimum Gasteiger partial charge on any atom is -0.367 e. The predicted molar refractivity (Wildman–Crippen MR) is 79.5 cm³/mol. The van der Waals surface area contributed by atoms with Crippen molar-refractivity contribution in [3.05, 3.63) is 23.9 Å². The first-order chi connectivity index (χ1) is 9.74. The van der Waals surface area contributed by atoms with Gasteiger partial charge >= 0.3 is 0 Å². The summed E-state index contributed by atoms with van der Waals surface area (Å²) in [6.07, 6.45) is 9.23. The maximum atomic E-state index is 11.6. The summed E-state index contributed by atoms with van der Waals surface area (Å²) in [5.74, 6) is 1.13. The molecule has 2 heterocycles. The molecule has 20 heavy (non-hydrogen) atoms. The topological polar surface area (TPSA) is 45.2 Å². The molecule has 3 rings (SSSR count). The van der Waals surface area contributed by atoms with Crippen LogP contribution in [0, 0.1) is 0 Å².